The van der Waals surface area contributed by atoms with Gasteiger partial charge in [-0.1, -0.05) is 6.92 Å². The molecule has 0 bridgehead atoms. The molecule has 2 rings (SSSR count). The van der Waals surface area contributed by atoms with E-state index in [1.54, 1.807) is 30.3 Å². The highest BCUT2D eigenvalue weighted by molar-refractivity contribution is 5.92. The Balaban J connectivity index is 1.97. The first-order valence-corrected chi connectivity index (χ1v) is 10.6. The number of esters is 1. The first-order valence-electron chi connectivity index (χ1n) is 10.6. The van der Waals surface area contributed by atoms with E-state index in [-0.39, 0.29) is 12.1 Å². The monoisotopic (exact) mass is 461 g/mol. The van der Waals surface area contributed by atoms with Crippen LogP contribution in [0.3, 0.4) is 0 Å². The highest BCUT2D eigenvalue weighted by Gasteiger charge is 2.16. The Morgan fingerprint density at radius 1 is 0.818 bits per heavy atom. The molecule has 0 unspecified atom stereocenters. The van der Waals surface area contributed by atoms with Gasteiger partial charge in [-0.15, -0.1) is 0 Å². The van der Waals surface area contributed by atoms with E-state index < -0.39 is 18.5 Å². The Kier molecular flexibility index (Phi) is 10.1. The van der Waals surface area contributed by atoms with Crippen molar-refractivity contribution in [2.24, 2.45) is 0 Å². The van der Waals surface area contributed by atoms with Gasteiger partial charge in [0.1, 0.15) is 5.75 Å². The van der Waals surface area contributed by atoms with Crippen molar-refractivity contribution in [2.75, 3.05) is 41.2 Å². The number of amides is 1. The van der Waals surface area contributed by atoms with Gasteiger partial charge in [0, 0.05) is 18.2 Å². The van der Waals surface area contributed by atoms with Crippen molar-refractivity contribution in [1.82, 2.24) is 5.32 Å². The van der Waals surface area contributed by atoms with Crippen molar-refractivity contribution < 1.29 is 38.0 Å². The molecule has 9 nitrogen and oxygen atoms in total. The number of carbonyl (C=O) groups excluding carboxylic acids is 2. The fourth-order valence-corrected chi connectivity index (χ4v) is 2.92. The van der Waals surface area contributed by atoms with Crippen molar-refractivity contribution >= 4 is 11.9 Å². The van der Waals surface area contributed by atoms with Crippen molar-refractivity contribution in [3.05, 3.63) is 41.5 Å². The van der Waals surface area contributed by atoms with E-state index >= 15 is 0 Å². The summed E-state index contributed by atoms with van der Waals surface area (Å²) in [4.78, 5) is 24.7. The molecule has 0 saturated carbocycles. The van der Waals surface area contributed by atoms with Crippen LogP contribution < -0.4 is 29.0 Å². The van der Waals surface area contributed by atoms with Crippen LogP contribution >= 0.6 is 0 Å². The van der Waals surface area contributed by atoms with Crippen LogP contribution in [0.4, 0.5) is 0 Å². The molecule has 2 aromatic rings. The van der Waals surface area contributed by atoms with Gasteiger partial charge in [-0.25, -0.2) is 4.79 Å². The Hall–Kier alpha value is -3.62. The fraction of sp³-hybridized carbons (Fsp3) is 0.417. The lowest BCUT2D eigenvalue weighted by molar-refractivity contribution is -0.124. The SMILES string of the molecule is CCCOc1ccc(C(=O)OCC(=O)NCc2cc(OC)c(OC)cc2OC)cc1OCC. The maximum Gasteiger partial charge on any atom is 0.338 e. The lowest BCUT2D eigenvalue weighted by Crippen LogP contribution is -2.28. The van der Waals surface area contributed by atoms with E-state index in [4.69, 9.17) is 28.4 Å². The van der Waals surface area contributed by atoms with Gasteiger partial charge >= 0.3 is 5.97 Å². The van der Waals surface area contributed by atoms with E-state index in [0.29, 0.717) is 47.5 Å². The molecule has 0 fully saturated rings. The Bertz CT molecular complexity index is 944. The second kappa shape index (κ2) is 13.0. The molecular weight excluding hydrogens is 430 g/mol. The summed E-state index contributed by atoms with van der Waals surface area (Å²) >= 11 is 0. The molecule has 0 radical (unpaired) electrons. The molecule has 0 aliphatic heterocycles. The fourth-order valence-electron chi connectivity index (χ4n) is 2.92. The highest BCUT2D eigenvalue weighted by Crippen LogP contribution is 2.34. The summed E-state index contributed by atoms with van der Waals surface area (Å²) < 4.78 is 32.2. The molecule has 9 heteroatoms. The average Bonchev–Trinajstić information content (AvgIpc) is 2.84. The summed E-state index contributed by atoms with van der Waals surface area (Å²) in [5.74, 6) is 1.44. The van der Waals surface area contributed by atoms with Crippen LogP contribution in [0.15, 0.2) is 30.3 Å². The predicted molar refractivity (Wildman–Crippen MR) is 122 cm³/mol. The zero-order chi connectivity index (χ0) is 24.2. The summed E-state index contributed by atoms with van der Waals surface area (Å²) in [6.45, 7) is 4.51. The van der Waals surface area contributed by atoms with E-state index in [1.807, 2.05) is 13.8 Å². The molecular formula is C24H31NO8. The van der Waals surface area contributed by atoms with Gasteiger partial charge in [-0.3, -0.25) is 4.79 Å². The number of benzene rings is 2. The molecule has 0 aromatic heterocycles. The Morgan fingerprint density at radius 3 is 2.15 bits per heavy atom. The van der Waals surface area contributed by atoms with E-state index in [0.717, 1.165) is 6.42 Å². The number of rotatable bonds is 13. The van der Waals surface area contributed by atoms with Crippen molar-refractivity contribution in [1.29, 1.82) is 0 Å². The van der Waals surface area contributed by atoms with Crippen LogP contribution in [0, 0.1) is 0 Å². The van der Waals surface area contributed by atoms with Crippen molar-refractivity contribution in [3.8, 4) is 28.7 Å². The number of carbonyl (C=O) groups is 2. The molecule has 180 valence electrons. The summed E-state index contributed by atoms with van der Waals surface area (Å²) in [6.07, 6.45) is 0.847. The molecule has 1 N–H and O–H groups in total. The van der Waals surface area contributed by atoms with Gasteiger partial charge in [0.25, 0.3) is 5.91 Å². The largest absolute Gasteiger partial charge is 0.496 e. The topological polar surface area (TPSA) is 102 Å². The van der Waals surface area contributed by atoms with Gasteiger partial charge in [0.15, 0.2) is 29.6 Å². The lowest BCUT2D eigenvalue weighted by Gasteiger charge is -2.15. The minimum atomic E-state index is -0.642. The van der Waals surface area contributed by atoms with E-state index in [9.17, 15) is 9.59 Å². The molecule has 0 atom stereocenters. The van der Waals surface area contributed by atoms with Crippen LogP contribution in [0.2, 0.25) is 0 Å². The van der Waals surface area contributed by atoms with Crippen LogP contribution in [-0.4, -0.2) is 53.0 Å². The number of hydrogen-bond acceptors (Lipinski definition) is 8. The van der Waals surface area contributed by atoms with Crippen LogP contribution in [-0.2, 0) is 16.1 Å². The number of nitrogens with one attached hydrogen (secondary N) is 1. The smallest absolute Gasteiger partial charge is 0.338 e. The zero-order valence-electron chi connectivity index (χ0n) is 19.7. The Morgan fingerprint density at radius 2 is 1.52 bits per heavy atom. The zero-order valence-corrected chi connectivity index (χ0v) is 19.7. The molecule has 0 saturated heterocycles. The summed E-state index contributed by atoms with van der Waals surface area (Å²) in [5.41, 5.74) is 0.940. The number of ether oxygens (including phenoxy) is 6. The van der Waals surface area contributed by atoms with Crippen LogP contribution in [0.5, 0.6) is 28.7 Å². The minimum absolute atomic E-state index is 0.151. The van der Waals surface area contributed by atoms with Gasteiger partial charge in [0.2, 0.25) is 0 Å². The third-order valence-electron chi connectivity index (χ3n) is 4.54. The van der Waals surface area contributed by atoms with E-state index in [2.05, 4.69) is 5.32 Å². The van der Waals surface area contributed by atoms with Gasteiger partial charge in [0.05, 0.1) is 40.1 Å². The van der Waals surface area contributed by atoms with Gasteiger partial charge in [-0.2, -0.15) is 0 Å². The quantitative estimate of drug-likeness (QED) is 0.453. The maximum atomic E-state index is 12.4. The van der Waals surface area contributed by atoms with Crippen LogP contribution in [0.1, 0.15) is 36.2 Å². The molecule has 0 aliphatic rings. The number of hydrogen-bond donors (Lipinski definition) is 1. The summed E-state index contributed by atoms with van der Waals surface area (Å²) in [7, 11) is 4.56. The third kappa shape index (κ3) is 7.20. The molecule has 0 spiro atoms. The summed E-state index contributed by atoms with van der Waals surface area (Å²) in [6, 6.07) is 8.15. The lowest BCUT2D eigenvalue weighted by atomic mass is 10.1. The second-order valence-electron chi connectivity index (χ2n) is 6.81. The molecule has 0 aliphatic carbocycles. The molecule has 1 amide bonds. The second-order valence-corrected chi connectivity index (χ2v) is 6.81. The third-order valence-corrected chi connectivity index (χ3v) is 4.54. The van der Waals surface area contributed by atoms with Crippen LogP contribution in [0.25, 0.3) is 0 Å². The highest BCUT2D eigenvalue weighted by atomic mass is 16.5. The first kappa shape index (κ1) is 25.6. The molecule has 2 aromatic carbocycles. The predicted octanol–water partition coefficient (Wildman–Crippen LogP) is 3.37. The van der Waals surface area contributed by atoms with Gasteiger partial charge < -0.3 is 33.7 Å². The van der Waals surface area contributed by atoms with Crippen molar-refractivity contribution in [3.63, 3.8) is 0 Å². The van der Waals surface area contributed by atoms with E-state index in [1.165, 1.54) is 21.3 Å². The number of methoxy groups -OCH3 is 3. The average molecular weight is 462 g/mol. The minimum Gasteiger partial charge on any atom is -0.496 e. The van der Waals surface area contributed by atoms with Gasteiger partial charge in [-0.05, 0) is 37.6 Å². The normalized spacial score (nSPS) is 10.2. The summed E-state index contributed by atoms with van der Waals surface area (Å²) in [5, 5.41) is 2.70. The van der Waals surface area contributed by atoms with Crippen molar-refractivity contribution in [2.45, 2.75) is 26.8 Å². The molecule has 33 heavy (non-hydrogen) atoms. The molecule has 0 heterocycles. The first-order chi connectivity index (χ1) is 16.0. The Labute approximate surface area is 193 Å². The maximum absolute atomic E-state index is 12.4. The standard InChI is InChI=1S/C24H31NO8/c1-6-10-32-18-9-8-16(11-22(18)31-7-2)24(27)33-15-23(26)25-14-17-12-20(29-4)21(30-5)13-19(17)28-3/h8-9,11-13H,6-7,10,14-15H2,1-5H3,(H,25,26).